The Balaban J connectivity index is 1.73. The molecule has 0 aliphatic heterocycles. The van der Waals surface area contributed by atoms with E-state index in [1.165, 1.54) is 12.8 Å². The third-order valence-corrected chi connectivity index (χ3v) is 5.04. The molecule has 0 unspecified atom stereocenters. The average Bonchev–Trinajstić information content (AvgIpc) is 3.29. The lowest BCUT2D eigenvalue weighted by Gasteiger charge is -2.22. The molecule has 4 nitrogen and oxygen atoms in total. The van der Waals surface area contributed by atoms with Crippen molar-refractivity contribution in [1.29, 1.82) is 0 Å². The molecule has 1 aliphatic carbocycles. The maximum atomic E-state index is 12.2. The standard InChI is InChI=1S/C18H21Cl2N3O/c1-2-18(24)23(10-13-3-4-13)12-17-21-7-8-22(17)11-14-5-6-15(19)16(20)9-14/h5-9,13H,2-4,10-12H2,1H3. The summed E-state index contributed by atoms with van der Waals surface area (Å²) in [5.41, 5.74) is 1.05. The van der Waals surface area contributed by atoms with E-state index in [1.807, 2.05) is 30.2 Å². The van der Waals surface area contributed by atoms with Crippen LogP contribution in [0.5, 0.6) is 0 Å². The highest BCUT2D eigenvalue weighted by Gasteiger charge is 2.27. The van der Waals surface area contributed by atoms with Gasteiger partial charge < -0.3 is 9.47 Å². The number of hydrogen-bond acceptors (Lipinski definition) is 2. The second kappa shape index (κ2) is 7.58. The smallest absolute Gasteiger partial charge is 0.222 e. The summed E-state index contributed by atoms with van der Waals surface area (Å²) < 4.78 is 2.06. The average molecular weight is 366 g/mol. The Kier molecular flexibility index (Phi) is 5.47. The maximum Gasteiger partial charge on any atom is 0.222 e. The van der Waals surface area contributed by atoms with Gasteiger partial charge in [-0.05, 0) is 36.5 Å². The van der Waals surface area contributed by atoms with Crippen LogP contribution < -0.4 is 0 Å². The van der Waals surface area contributed by atoms with Crippen molar-refractivity contribution in [3.8, 4) is 0 Å². The van der Waals surface area contributed by atoms with E-state index < -0.39 is 0 Å². The van der Waals surface area contributed by atoms with Crippen molar-refractivity contribution >= 4 is 29.1 Å². The lowest BCUT2D eigenvalue weighted by molar-refractivity contribution is -0.131. The topological polar surface area (TPSA) is 38.1 Å². The maximum absolute atomic E-state index is 12.2. The molecule has 0 saturated heterocycles. The van der Waals surface area contributed by atoms with Gasteiger partial charge in [0.2, 0.25) is 5.91 Å². The first-order chi connectivity index (χ1) is 11.6. The fourth-order valence-corrected chi connectivity index (χ4v) is 3.05. The van der Waals surface area contributed by atoms with E-state index in [-0.39, 0.29) is 5.91 Å². The van der Waals surface area contributed by atoms with E-state index in [2.05, 4.69) is 9.55 Å². The lowest BCUT2D eigenvalue weighted by Crippen LogP contribution is -2.33. The van der Waals surface area contributed by atoms with Gasteiger partial charge >= 0.3 is 0 Å². The van der Waals surface area contributed by atoms with Crippen molar-refractivity contribution in [3.05, 3.63) is 52.0 Å². The highest BCUT2D eigenvalue weighted by molar-refractivity contribution is 6.42. The van der Waals surface area contributed by atoms with Gasteiger partial charge in [0.1, 0.15) is 5.82 Å². The van der Waals surface area contributed by atoms with Crippen LogP contribution in [0.2, 0.25) is 10.0 Å². The highest BCUT2D eigenvalue weighted by atomic mass is 35.5. The van der Waals surface area contributed by atoms with Gasteiger partial charge in [-0.25, -0.2) is 4.98 Å². The minimum Gasteiger partial charge on any atom is -0.335 e. The van der Waals surface area contributed by atoms with Crippen molar-refractivity contribution in [1.82, 2.24) is 14.5 Å². The number of carbonyl (C=O) groups is 1. The van der Waals surface area contributed by atoms with Gasteiger partial charge in [0.25, 0.3) is 0 Å². The van der Waals surface area contributed by atoms with E-state index in [1.54, 1.807) is 12.3 Å². The molecule has 0 bridgehead atoms. The zero-order valence-electron chi connectivity index (χ0n) is 13.7. The second-order valence-electron chi connectivity index (χ2n) is 6.29. The Labute approximate surface area is 152 Å². The summed E-state index contributed by atoms with van der Waals surface area (Å²) in [7, 11) is 0. The Morgan fingerprint density at radius 1 is 1.33 bits per heavy atom. The van der Waals surface area contributed by atoms with Crippen LogP contribution in [0.15, 0.2) is 30.6 Å². The first-order valence-electron chi connectivity index (χ1n) is 8.28. The first kappa shape index (κ1) is 17.3. The summed E-state index contributed by atoms with van der Waals surface area (Å²) in [4.78, 5) is 18.6. The lowest BCUT2D eigenvalue weighted by atomic mass is 10.2. The summed E-state index contributed by atoms with van der Waals surface area (Å²) >= 11 is 12.1. The molecule has 0 N–H and O–H groups in total. The third-order valence-electron chi connectivity index (χ3n) is 4.30. The van der Waals surface area contributed by atoms with Gasteiger partial charge in [-0.3, -0.25) is 4.79 Å². The summed E-state index contributed by atoms with van der Waals surface area (Å²) in [6, 6.07) is 5.62. The number of halogens is 2. The molecule has 1 aliphatic rings. The van der Waals surface area contributed by atoms with Gasteiger partial charge in [-0.1, -0.05) is 36.2 Å². The summed E-state index contributed by atoms with van der Waals surface area (Å²) in [5.74, 6) is 1.74. The Hall–Kier alpha value is -1.52. The molecule has 1 saturated carbocycles. The van der Waals surface area contributed by atoms with Crippen LogP contribution in [-0.4, -0.2) is 26.9 Å². The van der Waals surface area contributed by atoms with Crippen molar-refractivity contribution in [2.75, 3.05) is 6.54 Å². The number of amides is 1. The molecule has 2 aromatic rings. The Bertz CT molecular complexity index is 725. The largest absolute Gasteiger partial charge is 0.335 e. The summed E-state index contributed by atoms with van der Waals surface area (Å²) in [6.07, 6.45) is 6.69. The molecular formula is C18H21Cl2N3O. The van der Waals surface area contributed by atoms with Crippen LogP contribution in [0.4, 0.5) is 0 Å². The van der Waals surface area contributed by atoms with Crippen LogP contribution in [0.3, 0.4) is 0 Å². The highest BCUT2D eigenvalue weighted by Crippen LogP contribution is 2.30. The normalized spacial score (nSPS) is 14.0. The minimum absolute atomic E-state index is 0.186. The fourth-order valence-electron chi connectivity index (χ4n) is 2.73. The third kappa shape index (κ3) is 4.31. The first-order valence-corrected chi connectivity index (χ1v) is 9.04. The van der Waals surface area contributed by atoms with Crippen molar-refractivity contribution in [3.63, 3.8) is 0 Å². The number of carbonyl (C=O) groups excluding carboxylic acids is 1. The van der Waals surface area contributed by atoms with Gasteiger partial charge in [0.15, 0.2) is 0 Å². The number of imidazole rings is 1. The van der Waals surface area contributed by atoms with E-state index in [4.69, 9.17) is 23.2 Å². The Morgan fingerprint density at radius 3 is 2.79 bits per heavy atom. The molecule has 1 aromatic heterocycles. The van der Waals surface area contributed by atoms with Crippen molar-refractivity contribution < 1.29 is 4.79 Å². The van der Waals surface area contributed by atoms with Gasteiger partial charge in [-0.15, -0.1) is 0 Å². The molecule has 128 valence electrons. The fraction of sp³-hybridized carbons (Fsp3) is 0.444. The van der Waals surface area contributed by atoms with Crippen LogP contribution in [0, 0.1) is 5.92 Å². The quantitative estimate of drug-likeness (QED) is 0.729. The molecular weight excluding hydrogens is 345 g/mol. The van der Waals surface area contributed by atoms with E-state index in [9.17, 15) is 4.79 Å². The predicted octanol–water partition coefficient (Wildman–Crippen LogP) is 4.39. The van der Waals surface area contributed by atoms with Crippen molar-refractivity contribution in [2.45, 2.75) is 39.3 Å². The second-order valence-corrected chi connectivity index (χ2v) is 7.11. The number of nitrogens with zero attached hydrogens (tertiary/aromatic N) is 3. The van der Waals surface area contributed by atoms with Crippen LogP contribution in [-0.2, 0) is 17.9 Å². The molecule has 1 fully saturated rings. The van der Waals surface area contributed by atoms with Gasteiger partial charge in [-0.2, -0.15) is 0 Å². The molecule has 3 rings (SSSR count). The van der Waals surface area contributed by atoms with Crippen molar-refractivity contribution in [2.24, 2.45) is 5.92 Å². The summed E-state index contributed by atoms with van der Waals surface area (Å²) in [6.45, 7) is 3.96. The zero-order valence-corrected chi connectivity index (χ0v) is 15.2. The van der Waals surface area contributed by atoms with Crippen LogP contribution in [0.25, 0.3) is 0 Å². The van der Waals surface area contributed by atoms with E-state index >= 15 is 0 Å². The molecule has 1 amide bonds. The molecule has 1 heterocycles. The van der Waals surface area contributed by atoms with Gasteiger partial charge in [0.05, 0.1) is 16.6 Å². The van der Waals surface area contributed by atoms with Gasteiger partial charge in [0, 0.05) is 31.9 Å². The number of benzene rings is 1. The molecule has 0 radical (unpaired) electrons. The van der Waals surface area contributed by atoms with E-state index in [0.29, 0.717) is 35.5 Å². The monoisotopic (exact) mass is 365 g/mol. The zero-order chi connectivity index (χ0) is 17.1. The molecule has 24 heavy (non-hydrogen) atoms. The van der Waals surface area contributed by atoms with Crippen LogP contribution in [0.1, 0.15) is 37.6 Å². The molecule has 0 spiro atoms. The molecule has 1 aromatic carbocycles. The number of hydrogen-bond donors (Lipinski definition) is 0. The Morgan fingerprint density at radius 2 is 2.12 bits per heavy atom. The number of aromatic nitrogens is 2. The molecule has 6 heteroatoms. The molecule has 0 atom stereocenters. The summed E-state index contributed by atoms with van der Waals surface area (Å²) in [5, 5.41) is 1.10. The van der Waals surface area contributed by atoms with E-state index in [0.717, 1.165) is 17.9 Å². The predicted molar refractivity (Wildman–Crippen MR) is 96.2 cm³/mol. The minimum atomic E-state index is 0.186. The SMILES string of the molecule is CCC(=O)N(Cc1nccn1Cc1ccc(Cl)c(Cl)c1)CC1CC1. The number of rotatable bonds is 7. The van der Waals surface area contributed by atoms with Crippen LogP contribution >= 0.6 is 23.2 Å².